The molecule has 0 spiro atoms. The third kappa shape index (κ3) is 1.37. The molecule has 1 N–H and O–H groups in total. The van der Waals surface area contributed by atoms with Crippen LogP contribution >= 0.6 is 0 Å². The fourth-order valence-corrected chi connectivity index (χ4v) is 2.55. The van der Waals surface area contributed by atoms with Gasteiger partial charge in [0.1, 0.15) is 0 Å². The van der Waals surface area contributed by atoms with E-state index in [1.165, 1.54) is 6.08 Å². The Morgan fingerprint density at radius 2 is 2.23 bits per heavy atom. The van der Waals surface area contributed by atoms with Crippen molar-refractivity contribution in [2.45, 2.75) is 18.9 Å². The first-order chi connectivity index (χ1) is 6.22. The van der Waals surface area contributed by atoms with Crippen LogP contribution in [0.4, 0.5) is 0 Å². The molecule has 1 unspecified atom stereocenters. The molecule has 2 rings (SSSR count). The number of carbonyl (C=O) groups excluding carboxylic acids is 1. The second-order valence-corrected chi connectivity index (χ2v) is 4.02. The first-order valence-electron chi connectivity index (χ1n) is 4.81. The Balaban J connectivity index is 2.02. The lowest BCUT2D eigenvalue weighted by Gasteiger charge is -2.16. The molecule has 2 fully saturated rings. The van der Waals surface area contributed by atoms with E-state index in [9.17, 15) is 9.90 Å². The maximum Gasteiger partial charge on any atom is 0.245 e. The van der Waals surface area contributed by atoms with E-state index < -0.39 is 0 Å². The van der Waals surface area contributed by atoms with Crippen LogP contribution in [-0.2, 0) is 4.79 Å². The topological polar surface area (TPSA) is 40.5 Å². The highest BCUT2D eigenvalue weighted by molar-refractivity contribution is 5.87. The van der Waals surface area contributed by atoms with Crippen LogP contribution in [0.1, 0.15) is 12.8 Å². The minimum Gasteiger partial charge on any atom is -0.393 e. The molecule has 0 radical (unpaired) electrons. The summed E-state index contributed by atoms with van der Waals surface area (Å²) in [6.45, 7) is 5.00. The number of carbonyl (C=O) groups is 1. The average Bonchev–Trinajstić information content (AvgIpc) is 2.67. The fraction of sp³-hybridized carbons (Fsp3) is 0.700. The number of fused-ring (bicyclic) bond motifs is 1. The maximum atomic E-state index is 11.3. The van der Waals surface area contributed by atoms with Gasteiger partial charge in [0.25, 0.3) is 0 Å². The zero-order valence-electron chi connectivity index (χ0n) is 7.65. The fourth-order valence-electron chi connectivity index (χ4n) is 2.55. The summed E-state index contributed by atoms with van der Waals surface area (Å²) in [6, 6.07) is 0. The quantitative estimate of drug-likeness (QED) is 0.595. The molecule has 0 aromatic rings. The number of rotatable bonds is 1. The highest BCUT2D eigenvalue weighted by atomic mass is 16.3. The molecule has 0 aromatic heterocycles. The largest absolute Gasteiger partial charge is 0.393 e. The van der Waals surface area contributed by atoms with E-state index >= 15 is 0 Å². The molecule has 2 aliphatic rings. The highest BCUT2D eigenvalue weighted by Gasteiger charge is 2.42. The number of hydrogen-bond acceptors (Lipinski definition) is 2. The zero-order valence-corrected chi connectivity index (χ0v) is 7.65. The molecule has 1 aliphatic heterocycles. The molecule has 1 aliphatic carbocycles. The van der Waals surface area contributed by atoms with Gasteiger partial charge in [0, 0.05) is 19.0 Å². The first kappa shape index (κ1) is 8.75. The molecular weight excluding hydrogens is 166 g/mol. The van der Waals surface area contributed by atoms with E-state index in [0.717, 1.165) is 25.9 Å². The minimum atomic E-state index is -0.187. The van der Waals surface area contributed by atoms with Crippen molar-refractivity contribution in [2.75, 3.05) is 13.1 Å². The smallest absolute Gasteiger partial charge is 0.245 e. The highest BCUT2D eigenvalue weighted by Crippen LogP contribution is 2.37. The van der Waals surface area contributed by atoms with Crippen LogP contribution in [0.5, 0.6) is 0 Å². The van der Waals surface area contributed by atoms with Crippen LogP contribution in [0.2, 0.25) is 0 Å². The molecule has 0 aromatic carbocycles. The normalized spacial score (nSPS) is 37.6. The van der Waals surface area contributed by atoms with E-state index in [1.54, 1.807) is 4.90 Å². The van der Waals surface area contributed by atoms with E-state index in [-0.39, 0.29) is 12.0 Å². The van der Waals surface area contributed by atoms with Crippen molar-refractivity contribution < 1.29 is 9.90 Å². The van der Waals surface area contributed by atoms with Crippen LogP contribution < -0.4 is 0 Å². The second kappa shape index (κ2) is 3.14. The molecule has 1 heterocycles. The van der Waals surface area contributed by atoms with Crippen molar-refractivity contribution in [1.82, 2.24) is 4.90 Å². The number of likely N-dealkylation sites (tertiary alicyclic amines) is 1. The van der Waals surface area contributed by atoms with Crippen LogP contribution in [0, 0.1) is 11.8 Å². The van der Waals surface area contributed by atoms with Gasteiger partial charge in [0.2, 0.25) is 5.91 Å². The Kier molecular flexibility index (Phi) is 2.12. The number of nitrogens with zero attached hydrogens (tertiary/aromatic N) is 1. The predicted octanol–water partition coefficient (Wildman–Crippen LogP) is 0.402. The Morgan fingerprint density at radius 1 is 1.46 bits per heavy atom. The SMILES string of the molecule is C=CC(=O)N1C[C@H]2CCC(O)[C@H]2C1. The van der Waals surface area contributed by atoms with Crippen LogP contribution in [-0.4, -0.2) is 35.1 Å². The standard InChI is InChI=1S/C10H15NO2/c1-2-10(13)11-5-7-3-4-9(12)8(7)6-11/h2,7-9,12H,1,3-6H2/t7-,8+,9?/m1/s1. The molecule has 0 bridgehead atoms. The summed E-state index contributed by atoms with van der Waals surface area (Å²) in [6.07, 6.45) is 3.14. The number of hydrogen-bond donors (Lipinski definition) is 1. The monoisotopic (exact) mass is 181 g/mol. The Morgan fingerprint density at radius 3 is 2.85 bits per heavy atom. The van der Waals surface area contributed by atoms with Gasteiger partial charge < -0.3 is 10.0 Å². The third-order valence-electron chi connectivity index (χ3n) is 3.31. The van der Waals surface area contributed by atoms with Crippen molar-refractivity contribution in [3.05, 3.63) is 12.7 Å². The molecule has 13 heavy (non-hydrogen) atoms. The molecule has 1 amide bonds. The van der Waals surface area contributed by atoms with Crippen molar-refractivity contribution in [3.63, 3.8) is 0 Å². The number of aliphatic hydroxyl groups excluding tert-OH is 1. The molecule has 3 heteroatoms. The minimum absolute atomic E-state index is 0.00148. The Hall–Kier alpha value is -0.830. The molecule has 72 valence electrons. The number of aliphatic hydroxyl groups is 1. The Bertz CT molecular complexity index is 239. The summed E-state index contributed by atoms with van der Waals surface area (Å²) in [5.41, 5.74) is 0. The van der Waals surface area contributed by atoms with Gasteiger partial charge in [-0.2, -0.15) is 0 Å². The summed E-state index contributed by atoms with van der Waals surface area (Å²) in [7, 11) is 0. The van der Waals surface area contributed by atoms with Crippen molar-refractivity contribution in [3.8, 4) is 0 Å². The van der Waals surface area contributed by atoms with Crippen LogP contribution in [0.15, 0.2) is 12.7 Å². The van der Waals surface area contributed by atoms with Gasteiger partial charge in [0.15, 0.2) is 0 Å². The first-order valence-corrected chi connectivity index (χ1v) is 4.81. The van der Waals surface area contributed by atoms with Crippen LogP contribution in [0.25, 0.3) is 0 Å². The molecule has 3 nitrogen and oxygen atoms in total. The van der Waals surface area contributed by atoms with Gasteiger partial charge in [-0.1, -0.05) is 6.58 Å². The lowest BCUT2D eigenvalue weighted by Crippen LogP contribution is -2.29. The molecule has 3 atom stereocenters. The van der Waals surface area contributed by atoms with Gasteiger partial charge in [-0.05, 0) is 24.8 Å². The van der Waals surface area contributed by atoms with E-state index in [0.29, 0.717) is 11.8 Å². The van der Waals surface area contributed by atoms with Crippen molar-refractivity contribution >= 4 is 5.91 Å². The van der Waals surface area contributed by atoms with E-state index in [4.69, 9.17) is 0 Å². The Labute approximate surface area is 78.0 Å². The summed E-state index contributed by atoms with van der Waals surface area (Å²) in [5.74, 6) is 0.851. The van der Waals surface area contributed by atoms with E-state index in [1.807, 2.05) is 0 Å². The molecule has 1 saturated carbocycles. The van der Waals surface area contributed by atoms with E-state index in [2.05, 4.69) is 6.58 Å². The molecule has 1 saturated heterocycles. The average molecular weight is 181 g/mol. The lowest BCUT2D eigenvalue weighted by atomic mass is 10.00. The summed E-state index contributed by atoms with van der Waals surface area (Å²) >= 11 is 0. The summed E-state index contributed by atoms with van der Waals surface area (Å²) in [4.78, 5) is 13.1. The zero-order chi connectivity index (χ0) is 9.42. The summed E-state index contributed by atoms with van der Waals surface area (Å²) in [5, 5.41) is 9.61. The number of amides is 1. The second-order valence-electron chi connectivity index (χ2n) is 4.02. The lowest BCUT2D eigenvalue weighted by molar-refractivity contribution is -0.125. The summed E-state index contributed by atoms with van der Waals surface area (Å²) < 4.78 is 0. The van der Waals surface area contributed by atoms with Gasteiger partial charge >= 0.3 is 0 Å². The maximum absolute atomic E-state index is 11.3. The van der Waals surface area contributed by atoms with Crippen molar-refractivity contribution in [1.29, 1.82) is 0 Å². The van der Waals surface area contributed by atoms with Gasteiger partial charge in [-0.15, -0.1) is 0 Å². The predicted molar refractivity (Wildman–Crippen MR) is 49.0 cm³/mol. The van der Waals surface area contributed by atoms with Gasteiger partial charge in [-0.25, -0.2) is 0 Å². The molecular formula is C10H15NO2. The van der Waals surface area contributed by atoms with Gasteiger partial charge in [0.05, 0.1) is 6.10 Å². The van der Waals surface area contributed by atoms with Crippen LogP contribution in [0.3, 0.4) is 0 Å². The van der Waals surface area contributed by atoms with Gasteiger partial charge in [-0.3, -0.25) is 4.79 Å². The third-order valence-corrected chi connectivity index (χ3v) is 3.31. The van der Waals surface area contributed by atoms with Crippen molar-refractivity contribution in [2.24, 2.45) is 11.8 Å².